The van der Waals surface area contributed by atoms with Crippen molar-refractivity contribution in [2.24, 2.45) is 0 Å². The average Bonchev–Trinajstić information content (AvgIpc) is 2.63. The van der Waals surface area contributed by atoms with E-state index in [1.54, 1.807) is 23.1 Å². The topological polar surface area (TPSA) is 47.3 Å². The van der Waals surface area contributed by atoms with E-state index < -0.39 is 5.82 Å². The van der Waals surface area contributed by atoms with Crippen molar-refractivity contribution in [1.29, 1.82) is 5.26 Å². The molecular formula is C18H14Cl2FN3O. The Hall–Kier alpha value is -2.29. The van der Waals surface area contributed by atoms with Gasteiger partial charge in [0.1, 0.15) is 11.9 Å². The molecule has 0 radical (unpaired) electrons. The normalized spacial score (nSPS) is 14.3. The van der Waals surface area contributed by atoms with Crippen molar-refractivity contribution in [2.75, 3.05) is 31.1 Å². The van der Waals surface area contributed by atoms with Crippen LogP contribution >= 0.6 is 23.2 Å². The number of carbonyl (C=O) groups excluding carboxylic acids is 1. The Morgan fingerprint density at radius 1 is 1.04 bits per heavy atom. The predicted octanol–water partition coefficient (Wildman–Crippen LogP) is 3.97. The molecule has 1 amide bonds. The van der Waals surface area contributed by atoms with E-state index in [9.17, 15) is 14.4 Å². The lowest BCUT2D eigenvalue weighted by molar-refractivity contribution is 0.0742. The minimum atomic E-state index is -0.582. The second-order valence-electron chi connectivity index (χ2n) is 5.68. The first kappa shape index (κ1) is 17.5. The number of nitriles is 1. The smallest absolute Gasteiger partial charge is 0.257 e. The highest BCUT2D eigenvalue weighted by Crippen LogP contribution is 2.25. The third-order valence-corrected chi connectivity index (χ3v) is 4.62. The van der Waals surface area contributed by atoms with Crippen molar-refractivity contribution in [3.63, 3.8) is 0 Å². The van der Waals surface area contributed by atoms with Gasteiger partial charge in [0.05, 0.1) is 16.8 Å². The van der Waals surface area contributed by atoms with E-state index in [1.165, 1.54) is 18.2 Å². The minimum Gasteiger partial charge on any atom is -0.367 e. The van der Waals surface area contributed by atoms with Crippen LogP contribution in [0.25, 0.3) is 0 Å². The van der Waals surface area contributed by atoms with Crippen LogP contribution in [0.5, 0.6) is 0 Å². The molecule has 1 heterocycles. The molecule has 0 atom stereocenters. The molecule has 0 aliphatic carbocycles. The monoisotopic (exact) mass is 377 g/mol. The van der Waals surface area contributed by atoms with Gasteiger partial charge in [-0.3, -0.25) is 4.79 Å². The van der Waals surface area contributed by atoms with Crippen LogP contribution < -0.4 is 4.90 Å². The maximum absolute atomic E-state index is 13.9. The molecule has 0 spiro atoms. The summed E-state index contributed by atoms with van der Waals surface area (Å²) in [6.07, 6.45) is 0. The molecule has 1 aliphatic heterocycles. The molecule has 0 bridgehead atoms. The zero-order valence-electron chi connectivity index (χ0n) is 13.2. The summed E-state index contributed by atoms with van der Waals surface area (Å²) in [5, 5.41) is 10.1. The largest absolute Gasteiger partial charge is 0.367 e. The highest BCUT2D eigenvalue weighted by Gasteiger charge is 2.25. The van der Waals surface area contributed by atoms with Crippen LogP contribution in [-0.4, -0.2) is 37.0 Å². The third-order valence-electron chi connectivity index (χ3n) is 4.15. The van der Waals surface area contributed by atoms with Gasteiger partial charge in [-0.2, -0.15) is 5.26 Å². The summed E-state index contributed by atoms with van der Waals surface area (Å²) in [5.41, 5.74) is 1.26. The Labute approximate surface area is 155 Å². The molecule has 7 heteroatoms. The number of benzene rings is 2. The number of carbonyl (C=O) groups is 1. The Bertz CT molecular complexity index is 858. The van der Waals surface area contributed by atoms with Gasteiger partial charge in [0.15, 0.2) is 0 Å². The van der Waals surface area contributed by atoms with Crippen LogP contribution in [0, 0.1) is 17.1 Å². The van der Waals surface area contributed by atoms with Crippen LogP contribution in [0.2, 0.25) is 10.0 Å². The van der Waals surface area contributed by atoms with Gasteiger partial charge in [0.2, 0.25) is 0 Å². The van der Waals surface area contributed by atoms with Crippen molar-refractivity contribution < 1.29 is 9.18 Å². The van der Waals surface area contributed by atoms with Gasteiger partial charge in [-0.15, -0.1) is 0 Å². The lowest BCUT2D eigenvalue weighted by atomic mass is 10.1. The fraction of sp³-hybridized carbons (Fsp3) is 0.222. The predicted molar refractivity (Wildman–Crippen MR) is 95.7 cm³/mol. The number of piperazine rings is 1. The van der Waals surface area contributed by atoms with Gasteiger partial charge in [0, 0.05) is 36.2 Å². The highest BCUT2D eigenvalue weighted by atomic mass is 35.5. The number of hydrogen-bond acceptors (Lipinski definition) is 3. The summed E-state index contributed by atoms with van der Waals surface area (Å²) in [7, 11) is 0. The summed E-state index contributed by atoms with van der Waals surface area (Å²) >= 11 is 11.8. The second kappa shape index (κ2) is 7.30. The Morgan fingerprint density at radius 2 is 1.68 bits per heavy atom. The molecule has 0 saturated carbocycles. The van der Waals surface area contributed by atoms with Crippen molar-refractivity contribution in [2.45, 2.75) is 0 Å². The van der Waals surface area contributed by atoms with Crippen LogP contribution in [0.15, 0.2) is 36.4 Å². The number of anilines is 1. The van der Waals surface area contributed by atoms with Gasteiger partial charge in [-0.25, -0.2) is 4.39 Å². The first-order valence-corrected chi connectivity index (χ1v) is 8.44. The van der Waals surface area contributed by atoms with E-state index in [1.807, 2.05) is 4.90 Å². The average molecular weight is 378 g/mol. The molecule has 1 fully saturated rings. The molecule has 0 aromatic heterocycles. The lowest BCUT2D eigenvalue weighted by Crippen LogP contribution is -2.49. The molecule has 0 N–H and O–H groups in total. The maximum atomic E-state index is 13.9. The molecule has 0 unspecified atom stereocenters. The van der Waals surface area contributed by atoms with E-state index in [0.717, 1.165) is 5.69 Å². The van der Waals surface area contributed by atoms with Gasteiger partial charge in [-0.1, -0.05) is 23.2 Å². The molecule has 2 aromatic rings. The summed E-state index contributed by atoms with van der Waals surface area (Å²) in [5.74, 6) is -0.961. The summed E-state index contributed by atoms with van der Waals surface area (Å²) in [6, 6.07) is 11.2. The molecule has 3 rings (SSSR count). The number of amides is 1. The number of nitrogens with zero attached hydrogens (tertiary/aromatic N) is 3. The van der Waals surface area contributed by atoms with E-state index in [4.69, 9.17) is 23.2 Å². The lowest BCUT2D eigenvalue weighted by Gasteiger charge is -2.36. The van der Waals surface area contributed by atoms with Crippen molar-refractivity contribution in [3.05, 3.63) is 63.4 Å². The first-order valence-electron chi connectivity index (χ1n) is 7.68. The number of halogens is 3. The maximum Gasteiger partial charge on any atom is 0.257 e. The Kier molecular flexibility index (Phi) is 5.12. The summed E-state index contributed by atoms with van der Waals surface area (Å²) in [6.45, 7) is 1.95. The highest BCUT2D eigenvalue weighted by molar-refractivity contribution is 6.31. The van der Waals surface area contributed by atoms with Crippen molar-refractivity contribution >= 4 is 34.8 Å². The van der Waals surface area contributed by atoms with Gasteiger partial charge in [-0.05, 0) is 36.4 Å². The van der Waals surface area contributed by atoms with Crippen LogP contribution in [-0.2, 0) is 0 Å². The van der Waals surface area contributed by atoms with Gasteiger partial charge < -0.3 is 9.80 Å². The van der Waals surface area contributed by atoms with E-state index in [-0.39, 0.29) is 11.5 Å². The molecular weight excluding hydrogens is 364 g/mol. The van der Waals surface area contributed by atoms with E-state index >= 15 is 0 Å². The zero-order valence-corrected chi connectivity index (χ0v) is 14.7. The first-order chi connectivity index (χ1) is 12.0. The van der Waals surface area contributed by atoms with Crippen LogP contribution in [0.4, 0.5) is 10.1 Å². The zero-order chi connectivity index (χ0) is 18.0. The molecule has 1 aliphatic rings. The standard InChI is InChI=1S/C18H14Cl2FN3O/c19-13-2-4-17(12(9-13)11-22)23-5-7-24(8-6-23)18(25)15-10-14(20)1-3-16(15)21/h1-4,9-10H,5-8H2. The van der Waals surface area contributed by atoms with Crippen molar-refractivity contribution in [1.82, 2.24) is 4.90 Å². The number of hydrogen-bond donors (Lipinski definition) is 0. The molecule has 2 aromatic carbocycles. The molecule has 25 heavy (non-hydrogen) atoms. The van der Waals surface area contributed by atoms with E-state index in [0.29, 0.717) is 41.8 Å². The van der Waals surface area contributed by atoms with Gasteiger partial charge >= 0.3 is 0 Å². The van der Waals surface area contributed by atoms with E-state index in [2.05, 4.69) is 6.07 Å². The third kappa shape index (κ3) is 3.71. The Morgan fingerprint density at radius 3 is 2.36 bits per heavy atom. The fourth-order valence-corrected chi connectivity index (χ4v) is 3.20. The van der Waals surface area contributed by atoms with Crippen LogP contribution in [0.1, 0.15) is 15.9 Å². The fourth-order valence-electron chi connectivity index (χ4n) is 2.86. The minimum absolute atomic E-state index is 0.0230. The summed E-state index contributed by atoms with van der Waals surface area (Å²) in [4.78, 5) is 16.1. The number of rotatable bonds is 2. The summed E-state index contributed by atoms with van der Waals surface area (Å²) < 4.78 is 13.9. The second-order valence-corrected chi connectivity index (χ2v) is 6.55. The molecule has 128 valence electrons. The quantitative estimate of drug-likeness (QED) is 0.795. The molecule has 4 nitrogen and oxygen atoms in total. The SMILES string of the molecule is N#Cc1cc(Cl)ccc1N1CCN(C(=O)c2cc(Cl)ccc2F)CC1. The van der Waals surface area contributed by atoms with Crippen molar-refractivity contribution in [3.8, 4) is 6.07 Å². The van der Waals surface area contributed by atoms with Crippen LogP contribution in [0.3, 0.4) is 0 Å². The van der Waals surface area contributed by atoms with Gasteiger partial charge in [0.25, 0.3) is 5.91 Å². The Balaban J connectivity index is 1.73. The molecule has 1 saturated heterocycles.